The Morgan fingerprint density at radius 3 is 2.00 bits per heavy atom. The van der Waals surface area contributed by atoms with Gasteiger partial charge in [-0.15, -0.1) is 11.6 Å². The molecule has 0 spiro atoms. The average molecular weight is 633 g/mol. The minimum Gasteiger partial charge on any atom is -0.673 e. The van der Waals surface area contributed by atoms with Crippen LogP contribution in [0.2, 0.25) is 0 Å². The smallest absolute Gasteiger partial charge is 0.0304 e. The molecule has 35 heavy (non-hydrogen) atoms. The normalized spacial score (nSPS) is 15.7. The van der Waals surface area contributed by atoms with Gasteiger partial charge in [0, 0.05) is 37.2 Å². The van der Waals surface area contributed by atoms with E-state index in [1.807, 2.05) is 0 Å². The van der Waals surface area contributed by atoms with Gasteiger partial charge >= 0.3 is 0 Å². The van der Waals surface area contributed by atoms with E-state index in [1.165, 1.54) is 47.2 Å². The summed E-state index contributed by atoms with van der Waals surface area (Å²) < 4.78 is 0. The molecule has 0 aliphatic heterocycles. The van der Waals surface area contributed by atoms with E-state index in [9.17, 15) is 0 Å². The molecule has 1 saturated carbocycles. The number of rotatable bonds is 7. The van der Waals surface area contributed by atoms with Gasteiger partial charge < -0.3 is 26.6 Å². The van der Waals surface area contributed by atoms with Crippen molar-refractivity contribution in [1.82, 2.24) is 4.98 Å². The van der Waals surface area contributed by atoms with Crippen LogP contribution in [0.15, 0.2) is 60.7 Å². The summed E-state index contributed by atoms with van der Waals surface area (Å²) in [7, 11) is 0. The Morgan fingerprint density at radius 2 is 1.43 bits per heavy atom. The van der Waals surface area contributed by atoms with Gasteiger partial charge in [-0.05, 0) is 42.5 Å². The summed E-state index contributed by atoms with van der Waals surface area (Å²) in [6.45, 7) is 11.2. The largest absolute Gasteiger partial charge is 0.673 e. The van der Waals surface area contributed by atoms with Crippen LogP contribution in [0.1, 0.15) is 104 Å². The van der Waals surface area contributed by atoms with Crippen molar-refractivity contribution in [3.63, 3.8) is 0 Å². The minimum atomic E-state index is -0.116. The number of nitrogens with zero attached hydrogens (tertiary/aromatic N) is 2. The second-order valence-corrected chi connectivity index (χ2v) is 9.74. The molecular weight excluding hydrogens is 591 g/mol. The van der Waals surface area contributed by atoms with Crippen LogP contribution in [0.5, 0.6) is 0 Å². The first-order valence-electron chi connectivity index (χ1n) is 12.1. The van der Waals surface area contributed by atoms with E-state index in [-0.39, 0.29) is 46.7 Å². The Kier molecular flexibility index (Phi) is 12.6. The average Bonchev–Trinajstić information content (AvgIpc) is 3.33. The van der Waals surface area contributed by atoms with E-state index < -0.39 is 0 Å². The van der Waals surface area contributed by atoms with Gasteiger partial charge in [0.1, 0.15) is 0 Å². The van der Waals surface area contributed by atoms with Crippen molar-refractivity contribution in [2.45, 2.75) is 77.7 Å². The standard InChI is InChI=1S/C30H36N2.2CH3.Hf/c1-20(2)24-16-10-17-25(21(3)4)29(24)32-30(26-15-9-6-12-22(26)5)28-19-11-18-27(31-28)23-13-7-8-14-23;;;/h6,9-13,15-21,23,30H,7-8,14H2,1-5H3;2*1H3;/q-2;2*-1;. The summed E-state index contributed by atoms with van der Waals surface area (Å²) in [6, 6.07) is 21.7. The van der Waals surface area contributed by atoms with Gasteiger partial charge in [-0.3, -0.25) is 4.98 Å². The molecule has 2 aromatic carbocycles. The second-order valence-electron chi connectivity index (χ2n) is 9.74. The molecule has 1 heterocycles. The van der Waals surface area contributed by atoms with Crippen LogP contribution < -0.4 is 0 Å². The number of hydrogen-bond acceptors (Lipinski definition) is 1. The van der Waals surface area contributed by atoms with E-state index in [0.717, 1.165) is 11.4 Å². The first-order chi connectivity index (χ1) is 15.5. The van der Waals surface area contributed by atoms with Crippen LogP contribution in [-0.4, -0.2) is 4.98 Å². The molecular formula is C32H42HfN2-4. The minimum absolute atomic E-state index is 0. The molecule has 0 N–H and O–H groups in total. The predicted molar refractivity (Wildman–Crippen MR) is 149 cm³/mol. The maximum Gasteiger partial charge on any atom is 0.0304 e. The van der Waals surface area contributed by atoms with Crippen molar-refractivity contribution in [1.29, 1.82) is 0 Å². The summed E-state index contributed by atoms with van der Waals surface area (Å²) in [5, 5.41) is 5.50. The molecule has 0 radical (unpaired) electrons. The monoisotopic (exact) mass is 634 g/mol. The molecule has 4 rings (SSSR count). The van der Waals surface area contributed by atoms with Crippen LogP contribution in [0.3, 0.4) is 0 Å². The molecule has 0 saturated heterocycles. The van der Waals surface area contributed by atoms with Gasteiger partial charge in [0.05, 0.1) is 0 Å². The Morgan fingerprint density at radius 1 is 0.829 bits per heavy atom. The number of hydrogen-bond donors (Lipinski definition) is 0. The molecule has 1 fully saturated rings. The molecule has 1 aliphatic rings. The topological polar surface area (TPSA) is 27.0 Å². The van der Waals surface area contributed by atoms with E-state index in [0.29, 0.717) is 17.8 Å². The fraction of sp³-hybridized carbons (Fsp3) is 0.375. The molecule has 2 nitrogen and oxygen atoms in total. The summed E-state index contributed by atoms with van der Waals surface area (Å²) in [5.74, 6) is 1.30. The van der Waals surface area contributed by atoms with Crippen molar-refractivity contribution >= 4 is 5.69 Å². The molecule has 1 aliphatic carbocycles. The summed E-state index contributed by atoms with van der Waals surface area (Å²) in [4.78, 5) is 5.19. The van der Waals surface area contributed by atoms with Crippen LogP contribution >= 0.6 is 0 Å². The van der Waals surface area contributed by atoms with Crippen LogP contribution in [0.4, 0.5) is 5.69 Å². The third-order valence-electron chi connectivity index (χ3n) is 6.71. The van der Waals surface area contributed by atoms with E-state index in [2.05, 4.69) is 102 Å². The van der Waals surface area contributed by atoms with Crippen molar-refractivity contribution in [3.05, 3.63) is 121 Å². The predicted octanol–water partition coefficient (Wildman–Crippen LogP) is 9.80. The van der Waals surface area contributed by atoms with Gasteiger partial charge in [-0.2, -0.15) is 6.42 Å². The van der Waals surface area contributed by atoms with Crippen LogP contribution in [0, 0.1) is 28.2 Å². The SMILES string of the molecule is Cc1ccccc1C([N-]c1c(C(C)C)cccc1C(C)C)c1cccc(C2[CH-]CCC2)n1.[CH3-].[CH3-].[Hf]. The molecule has 0 bridgehead atoms. The van der Waals surface area contributed by atoms with E-state index in [1.54, 1.807) is 0 Å². The Bertz CT molecular complexity index is 1020. The van der Waals surface area contributed by atoms with Gasteiger partial charge in [0.15, 0.2) is 0 Å². The summed E-state index contributed by atoms with van der Waals surface area (Å²) >= 11 is 0. The fourth-order valence-corrected chi connectivity index (χ4v) is 4.85. The zero-order chi connectivity index (χ0) is 22.7. The number of pyridine rings is 1. The number of benzene rings is 2. The first kappa shape index (κ1) is 31.3. The van der Waals surface area contributed by atoms with Gasteiger partial charge in [-0.25, -0.2) is 0 Å². The molecule has 0 amide bonds. The number of aromatic nitrogens is 1. The maximum absolute atomic E-state index is 5.50. The van der Waals surface area contributed by atoms with Gasteiger partial charge in [0.25, 0.3) is 0 Å². The third-order valence-corrected chi connectivity index (χ3v) is 6.71. The quantitative estimate of drug-likeness (QED) is 0.188. The van der Waals surface area contributed by atoms with Crippen molar-refractivity contribution < 1.29 is 25.8 Å². The molecule has 3 aromatic rings. The number of aryl methyl sites for hydroxylation is 1. The fourth-order valence-electron chi connectivity index (χ4n) is 4.85. The van der Waals surface area contributed by atoms with Gasteiger partial charge in [-0.1, -0.05) is 106 Å². The van der Waals surface area contributed by atoms with Crippen molar-refractivity contribution in [2.75, 3.05) is 0 Å². The van der Waals surface area contributed by atoms with Crippen LogP contribution in [0.25, 0.3) is 5.32 Å². The Hall–Kier alpha value is -1.74. The third kappa shape index (κ3) is 7.15. The van der Waals surface area contributed by atoms with Crippen LogP contribution in [-0.2, 0) is 25.8 Å². The Labute approximate surface area is 234 Å². The molecule has 188 valence electrons. The molecule has 2 unspecified atom stereocenters. The zero-order valence-corrected chi connectivity index (χ0v) is 26.3. The van der Waals surface area contributed by atoms with Gasteiger partial charge in [0.2, 0.25) is 0 Å². The summed E-state index contributed by atoms with van der Waals surface area (Å²) in [5.41, 5.74) is 8.51. The molecule has 1 aromatic heterocycles. The number of para-hydroxylation sites is 1. The van der Waals surface area contributed by atoms with E-state index >= 15 is 0 Å². The van der Waals surface area contributed by atoms with E-state index in [4.69, 9.17) is 10.3 Å². The maximum atomic E-state index is 5.50. The molecule has 3 heteroatoms. The summed E-state index contributed by atoms with van der Waals surface area (Å²) in [6.07, 6.45) is 6.09. The van der Waals surface area contributed by atoms with Crippen molar-refractivity contribution in [2.24, 2.45) is 0 Å². The zero-order valence-electron chi connectivity index (χ0n) is 22.7. The van der Waals surface area contributed by atoms with Crippen molar-refractivity contribution in [3.8, 4) is 0 Å². The molecule has 2 atom stereocenters. The first-order valence-corrected chi connectivity index (χ1v) is 12.1. The Balaban J connectivity index is 0.00000204. The second kappa shape index (κ2) is 14.1.